The van der Waals surface area contributed by atoms with Crippen molar-refractivity contribution in [2.75, 3.05) is 0 Å². The van der Waals surface area contributed by atoms with Crippen LogP contribution in [-0.4, -0.2) is 31.6 Å². The number of hydrogen-bond donors (Lipinski definition) is 2. The zero-order chi connectivity index (χ0) is 17.6. The van der Waals surface area contributed by atoms with Crippen LogP contribution < -0.4 is 10.9 Å². The molecule has 0 saturated heterocycles. The van der Waals surface area contributed by atoms with E-state index in [9.17, 15) is 9.59 Å². The van der Waals surface area contributed by atoms with Crippen molar-refractivity contribution < 1.29 is 9.59 Å². The average molecular weight is 356 g/mol. The second-order valence-corrected chi connectivity index (χ2v) is 6.21. The molecule has 25 heavy (non-hydrogen) atoms. The molecule has 128 valence electrons. The Labute approximate surface area is 147 Å². The van der Waals surface area contributed by atoms with Crippen molar-refractivity contribution in [1.29, 1.82) is 0 Å². The van der Waals surface area contributed by atoms with Crippen LogP contribution in [0.2, 0.25) is 0 Å². The van der Waals surface area contributed by atoms with Gasteiger partial charge in [-0.1, -0.05) is 30.3 Å². The van der Waals surface area contributed by atoms with Crippen LogP contribution in [0.1, 0.15) is 21.8 Å². The first-order chi connectivity index (χ1) is 12.1. The van der Waals surface area contributed by atoms with Crippen molar-refractivity contribution in [3.8, 4) is 10.6 Å². The molecule has 0 aliphatic carbocycles. The Morgan fingerprint density at radius 2 is 2.00 bits per heavy atom. The van der Waals surface area contributed by atoms with Gasteiger partial charge in [0.2, 0.25) is 5.91 Å². The summed E-state index contributed by atoms with van der Waals surface area (Å²) in [6.45, 7) is 2.16. The molecule has 2 N–H and O–H groups in total. The van der Waals surface area contributed by atoms with Gasteiger partial charge in [-0.3, -0.25) is 25.1 Å². The molecule has 9 heteroatoms. The minimum Gasteiger partial charge on any atom is -0.273 e. The van der Waals surface area contributed by atoms with Gasteiger partial charge < -0.3 is 0 Å². The summed E-state index contributed by atoms with van der Waals surface area (Å²) >= 11 is 1.29. The van der Waals surface area contributed by atoms with Crippen molar-refractivity contribution in [3.63, 3.8) is 0 Å². The lowest BCUT2D eigenvalue weighted by molar-refractivity contribution is -0.122. The number of carbonyl (C=O) groups excluding carboxylic acids is 2. The molecule has 0 aliphatic rings. The van der Waals surface area contributed by atoms with E-state index in [2.05, 4.69) is 25.9 Å². The minimum absolute atomic E-state index is 0.181. The van der Waals surface area contributed by atoms with Crippen LogP contribution in [0.15, 0.2) is 43.0 Å². The van der Waals surface area contributed by atoms with E-state index in [1.807, 2.05) is 30.3 Å². The molecule has 0 radical (unpaired) electrons. The molecular formula is C16H16N6O2S. The predicted octanol–water partition coefficient (Wildman–Crippen LogP) is 1.56. The van der Waals surface area contributed by atoms with Gasteiger partial charge in [0.05, 0.1) is 12.2 Å². The number of nitrogens with zero attached hydrogens (tertiary/aromatic N) is 4. The van der Waals surface area contributed by atoms with Gasteiger partial charge in [0.15, 0.2) is 0 Å². The lowest BCUT2D eigenvalue weighted by atomic mass is 10.2. The van der Waals surface area contributed by atoms with Crippen molar-refractivity contribution in [2.24, 2.45) is 0 Å². The van der Waals surface area contributed by atoms with Crippen LogP contribution in [0.25, 0.3) is 10.6 Å². The molecule has 0 fully saturated rings. The quantitative estimate of drug-likeness (QED) is 0.676. The summed E-state index contributed by atoms with van der Waals surface area (Å²) in [5.74, 6) is -0.694. The summed E-state index contributed by atoms with van der Waals surface area (Å²) in [7, 11) is 0. The largest absolute Gasteiger partial charge is 0.281 e. The molecule has 0 saturated carbocycles. The fourth-order valence-electron chi connectivity index (χ4n) is 2.12. The lowest BCUT2D eigenvalue weighted by Gasteiger charge is -2.06. The van der Waals surface area contributed by atoms with Crippen molar-refractivity contribution in [3.05, 3.63) is 53.6 Å². The number of benzene rings is 1. The molecule has 0 bridgehead atoms. The van der Waals surface area contributed by atoms with E-state index in [1.54, 1.807) is 11.6 Å². The van der Waals surface area contributed by atoms with E-state index in [-0.39, 0.29) is 18.2 Å². The summed E-state index contributed by atoms with van der Waals surface area (Å²) in [5.41, 5.74) is 6.39. The van der Waals surface area contributed by atoms with Crippen LogP contribution in [0.4, 0.5) is 0 Å². The van der Waals surface area contributed by atoms with Crippen molar-refractivity contribution in [1.82, 2.24) is 30.6 Å². The fourth-order valence-corrected chi connectivity index (χ4v) is 3.09. The molecule has 8 nitrogen and oxygen atoms in total. The van der Waals surface area contributed by atoms with E-state index in [0.717, 1.165) is 10.6 Å². The number of hydrazine groups is 1. The highest BCUT2D eigenvalue weighted by atomic mass is 32.1. The highest BCUT2D eigenvalue weighted by molar-refractivity contribution is 7.17. The Bertz CT molecular complexity index is 860. The third kappa shape index (κ3) is 4.27. The van der Waals surface area contributed by atoms with E-state index < -0.39 is 0 Å². The SMILES string of the molecule is Cc1nc(-c2ccccc2)sc1C(=O)NNC(=O)CCn1cncn1. The molecule has 3 aromatic rings. The molecule has 2 amide bonds. The normalized spacial score (nSPS) is 10.4. The minimum atomic E-state index is -0.383. The Balaban J connectivity index is 1.56. The van der Waals surface area contributed by atoms with Crippen LogP contribution >= 0.6 is 11.3 Å². The second kappa shape index (κ2) is 7.67. The summed E-state index contributed by atoms with van der Waals surface area (Å²) < 4.78 is 1.54. The standard InChI is InChI=1S/C16H16N6O2S/c1-11-14(25-16(19-11)12-5-3-2-4-6-12)15(24)21-20-13(23)7-8-22-10-17-9-18-22/h2-6,9-10H,7-8H2,1H3,(H,20,23)(H,21,24). The van der Waals surface area contributed by atoms with Crippen molar-refractivity contribution >= 4 is 23.2 Å². The second-order valence-electron chi connectivity index (χ2n) is 5.21. The first-order valence-corrected chi connectivity index (χ1v) is 8.39. The number of nitrogens with one attached hydrogen (secondary N) is 2. The van der Waals surface area contributed by atoms with Gasteiger partial charge >= 0.3 is 0 Å². The first-order valence-electron chi connectivity index (χ1n) is 7.58. The Morgan fingerprint density at radius 1 is 1.20 bits per heavy atom. The topological polar surface area (TPSA) is 102 Å². The molecular weight excluding hydrogens is 340 g/mol. The summed E-state index contributed by atoms with van der Waals surface area (Å²) in [6, 6.07) is 9.63. The zero-order valence-electron chi connectivity index (χ0n) is 13.5. The fraction of sp³-hybridized carbons (Fsp3) is 0.188. The average Bonchev–Trinajstić information content (AvgIpc) is 3.28. The van der Waals surface area contributed by atoms with Gasteiger partial charge in [-0.05, 0) is 6.92 Å². The summed E-state index contributed by atoms with van der Waals surface area (Å²) in [6.07, 6.45) is 3.11. The highest BCUT2D eigenvalue weighted by Gasteiger charge is 2.16. The number of rotatable bonds is 5. The summed E-state index contributed by atoms with van der Waals surface area (Å²) in [5, 5.41) is 4.67. The third-order valence-electron chi connectivity index (χ3n) is 3.37. The number of aromatic nitrogens is 4. The Hall–Kier alpha value is -3.07. The number of aryl methyl sites for hydroxylation is 2. The number of hydrogen-bond acceptors (Lipinski definition) is 6. The van der Waals surface area contributed by atoms with Gasteiger partial charge in [-0.25, -0.2) is 9.97 Å². The van der Waals surface area contributed by atoms with Gasteiger partial charge in [0, 0.05) is 12.0 Å². The lowest BCUT2D eigenvalue weighted by Crippen LogP contribution is -2.41. The van der Waals surface area contributed by atoms with Gasteiger partial charge in [0.25, 0.3) is 5.91 Å². The maximum absolute atomic E-state index is 12.3. The van der Waals surface area contributed by atoms with Crippen LogP contribution in [0, 0.1) is 6.92 Å². The van der Waals surface area contributed by atoms with E-state index in [4.69, 9.17) is 0 Å². The Kier molecular flexibility index (Phi) is 5.14. The first kappa shape index (κ1) is 16.8. The monoisotopic (exact) mass is 356 g/mol. The molecule has 2 heterocycles. The van der Waals surface area contributed by atoms with Crippen molar-refractivity contribution in [2.45, 2.75) is 19.9 Å². The van der Waals surface area contributed by atoms with Crippen LogP contribution in [0.3, 0.4) is 0 Å². The maximum atomic E-state index is 12.3. The Morgan fingerprint density at radius 3 is 2.72 bits per heavy atom. The van der Waals surface area contributed by atoms with E-state index in [1.165, 1.54) is 24.0 Å². The van der Waals surface area contributed by atoms with Crippen LogP contribution in [0.5, 0.6) is 0 Å². The predicted molar refractivity (Wildman–Crippen MR) is 92.5 cm³/mol. The third-order valence-corrected chi connectivity index (χ3v) is 4.58. The van der Waals surface area contributed by atoms with E-state index in [0.29, 0.717) is 17.1 Å². The molecule has 3 rings (SSSR count). The van der Waals surface area contributed by atoms with E-state index >= 15 is 0 Å². The maximum Gasteiger partial charge on any atom is 0.281 e. The van der Waals surface area contributed by atoms with Gasteiger partial charge in [0.1, 0.15) is 22.5 Å². The van der Waals surface area contributed by atoms with Gasteiger partial charge in [-0.15, -0.1) is 11.3 Å². The highest BCUT2D eigenvalue weighted by Crippen LogP contribution is 2.27. The number of carbonyl (C=O) groups is 2. The molecule has 2 aromatic heterocycles. The molecule has 0 atom stereocenters. The van der Waals surface area contributed by atoms with Crippen LogP contribution in [-0.2, 0) is 11.3 Å². The molecule has 0 spiro atoms. The zero-order valence-corrected chi connectivity index (χ0v) is 14.3. The molecule has 0 aliphatic heterocycles. The number of thiazole rings is 1. The molecule has 0 unspecified atom stereocenters. The summed E-state index contributed by atoms with van der Waals surface area (Å²) in [4.78, 5) is 32.7. The smallest absolute Gasteiger partial charge is 0.273 e. The number of amides is 2. The molecule has 1 aromatic carbocycles. The van der Waals surface area contributed by atoms with Gasteiger partial charge in [-0.2, -0.15) is 5.10 Å².